The maximum atomic E-state index is 14.0. The predicted octanol–water partition coefficient (Wildman–Crippen LogP) is 12.6. The fourth-order valence-electron chi connectivity index (χ4n) is 25.6. The van der Waals surface area contributed by atoms with Gasteiger partial charge in [-0.25, -0.2) is 0 Å². The molecule has 726 valence electrons. The Hall–Kier alpha value is 0.820. The number of hydrogen-bond acceptors (Lipinski definition) is 25. The van der Waals surface area contributed by atoms with Crippen molar-refractivity contribution in [3.63, 3.8) is 0 Å². The monoisotopic (exact) mass is 2470 g/mol. The summed E-state index contributed by atoms with van der Waals surface area (Å²) in [6, 6.07) is 0. The summed E-state index contributed by atoms with van der Waals surface area (Å²) in [6.45, 7) is 37.0. The van der Waals surface area contributed by atoms with E-state index in [4.69, 9.17) is 86.3 Å². The van der Waals surface area contributed by atoms with Crippen LogP contribution in [0.5, 0.6) is 0 Å². The summed E-state index contributed by atoms with van der Waals surface area (Å²) < 4.78 is 115. The molecule has 0 aliphatic carbocycles. The van der Waals surface area contributed by atoms with Crippen molar-refractivity contribution in [2.75, 3.05) is 20.1 Å². The molecule has 0 saturated carbocycles. The number of halogens is 6. The molecule has 0 aromatic carbocycles. The van der Waals surface area contributed by atoms with Crippen molar-refractivity contribution in [2.45, 2.75) is 449 Å². The topological polar surface area (TPSA) is 312 Å². The van der Waals surface area contributed by atoms with Gasteiger partial charge in [0.05, 0.1) is 128 Å². The second-order valence-corrected chi connectivity index (χ2v) is 58.2. The molecule has 21 heterocycles. The van der Waals surface area contributed by atoms with Crippen LogP contribution in [-0.2, 0) is 99.7 Å². The second-order valence-electron chi connectivity index (χ2n) is 41.9. The molecule has 2 spiro atoms. The van der Waals surface area contributed by atoms with Crippen LogP contribution in [0.3, 0.4) is 0 Å². The Bertz CT molecular complexity index is 3840. The molecule has 24 bridgehead atoms. The fraction of sp³-hybridized carbons (Fsp3) is 0.875. The Morgan fingerprint density at radius 3 is 1.34 bits per heavy atom. The van der Waals surface area contributed by atoms with Crippen LogP contribution in [0.1, 0.15) is 242 Å². The predicted molar refractivity (Wildman–Crippen MR) is 517 cm³/mol. The van der Waals surface area contributed by atoms with E-state index in [1.165, 1.54) is 7.05 Å². The van der Waals surface area contributed by atoms with Gasteiger partial charge in [-0.05, 0) is 170 Å². The quantitative estimate of drug-likeness (QED) is 0.0667. The number of ether oxygens (including phenoxy) is 17. The Kier molecular flexibility index (Phi) is 37.5. The van der Waals surface area contributed by atoms with Gasteiger partial charge in [0.15, 0.2) is 18.6 Å². The first-order valence-corrected chi connectivity index (χ1v) is 67.0. The van der Waals surface area contributed by atoms with E-state index in [1.807, 2.05) is 13.8 Å². The molecule has 26 nitrogen and oxygen atoms in total. The summed E-state index contributed by atoms with van der Waals surface area (Å²) in [5, 5.41) is 20.5. The molecular formula is C96H146I6N2O24. The molecule has 32 heteroatoms. The van der Waals surface area contributed by atoms with Gasteiger partial charge in [-0.1, -0.05) is 88.6 Å². The van der Waals surface area contributed by atoms with Crippen LogP contribution in [-0.4, -0.2) is 266 Å². The van der Waals surface area contributed by atoms with Crippen molar-refractivity contribution in [2.24, 2.45) is 64.9 Å². The number of aldehydes is 1. The molecular weight excluding hydrogens is 2330 g/mol. The normalized spacial score (nSPS) is 47.3. The molecule has 21 aliphatic rings. The van der Waals surface area contributed by atoms with E-state index in [2.05, 4.69) is 149 Å². The van der Waals surface area contributed by atoms with Gasteiger partial charge in [0.25, 0.3) is 0 Å². The molecule has 42 atom stereocenters. The van der Waals surface area contributed by atoms with E-state index >= 15 is 0 Å². The Morgan fingerprint density at radius 1 is 0.492 bits per heavy atom. The fourth-order valence-corrected chi connectivity index (χ4v) is 25.6. The van der Waals surface area contributed by atoms with Gasteiger partial charge in [-0.15, -0.1) is 24.0 Å². The van der Waals surface area contributed by atoms with Gasteiger partial charge in [0.1, 0.15) is 90.8 Å². The average molecular weight is 2470 g/mol. The zero-order valence-corrected chi connectivity index (χ0v) is 89.7. The summed E-state index contributed by atoms with van der Waals surface area (Å²) >= 11 is 9.54. The van der Waals surface area contributed by atoms with Crippen molar-refractivity contribution < 1.29 is 128 Å². The maximum absolute atomic E-state index is 14.0. The van der Waals surface area contributed by atoms with Crippen LogP contribution in [0.15, 0.2) is 48.6 Å². The Balaban J connectivity index is 0.000000162. The first kappa shape index (κ1) is 105. The first-order valence-electron chi connectivity index (χ1n) is 48.2. The van der Waals surface area contributed by atoms with Crippen LogP contribution < -0.4 is 19.0 Å². The number of nitroso groups, excluding NO2 is 1. The summed E-state index contributed by atoms with van der Waals surface area (Å²) in [4.78, 5) is 62.6. The number of carbonyl (C=O) groups is 4. The van der Waals surface area contributed by atoms with Crippen molar-refractivity contribution >= 4 is 122 Å². The molecule has 21 saturated heterocycles. The van der Waals surface area contributed by atoms with Gasteiger partial charge >= 0.3 is 50.5 Å². The molecule has 4 N–H and O–H groups in total. The molecule has 0 radical (unpaired) electrons. The van der Waals surface area contributed by atoms with Gasteiger partial charge in [0.2, 0.25) is 6.54 Å². The van der Waals surface area contributed by atoms with Gasteiger partial charge < -0.3 is 101 Å². The molecule has 21 aliphatic heterocycles. The zero-order chi connectivity index (χ0) is 90.5. The third-order valence-electron chi connectivity index (χ3n) is 32.6. The minimum absolute atomic E-state index is 0. The molecule has 21 fully saturated rings. The molecule has 2 unspecified atom stereocenters. The minimum atomic E-state index is -0.765. The third kappa shape index (κ3) is 23.6. The number of likely N-dealkylation sites (N-methyl/N-ethyl adjacent to an activating group) is 1. The average Bonchev–Trinajstić information content (AvgIpc) is 1.55. The Labute approximate surface area is 829 Å². The van der Waals surface area contributed by atoms with E-state index in [0.29, 0.717) is 121 Å². The summed E-state index contributed by atoms with van der Waals surface area (Å²) in [5.74, 6) is 0.609. The number of aliphatic hydroxyl groups is 2. The molecule has 128 heavy (non-hydrogen) atoms. The van der Waals surface area contributed by atoms with E-state index < -0.39 is 23.8 Å². The number of fused-ring (bicyclic) bond motifs is 12. The number of nitrogens with zero attached hydrogens (tertiary/aromatic N) is 1. The first-order chi connectivity index (χ1) is 60.8. The number of ketones is 3. The van der Waals surface area contributed by atoms with Gasteiger partial charge in [-0.2, -0.15) is 0 Å². The van der Waals surface area contributed by atoms with Crippen molar-refractivity contribution in [3.8, 4) is 0 Å². The second kappa shape index (κ2) is 45.8. The van der Waals surface area contributed by atoms with Crippen LogP contribution in [0.2, 0.25) is 0 Å². The molecule has 0 aromatic rings. The molecule has 0 amide bonds. The van der Waals surface area contributed by atoms with Crippen LogP contribution in [0.25, 0.3) is 0 Å². The molecule has 0 aromatic heterocycles. The number of aliphatic hydroxyl groups excluding tert-OH is 2. The van der Waals surface area contributed by atoms with Crippen LogP contribution in [0, 0.1) is 64.1 Å². The van der Waals surface area contributed by atoms with Gasteiger partial charge in [0, 0.05) is 144 Å². The van der Waals surface area contributed by atoms with Crippen molar-refractivity contribution in [3.05, 3.63) is 53.5 Å². The number of nitrogens with two attached hydrogens (primary N) is 1. The third-order valence-corrected chi connectivity index (χ3v) is 32.6. The molecule has 21 rings (SSSR count). The Morgan fingerprint density at radius 2 is 0.898 bits per heavy atom. The number of rotatable bonds is 13. The number of Topliss-reactive ketones (excluding diaryl/α,β-unsaturated/α-hetero) is 3. The van der Waals surface area contributed by atoms with Crippen molar-refractivity contribution in [1.29, 1.82) is 0 Å². The van der Waals surface area contributed by atoms with Crippen LogP contribution >= 0.6 is 98.4 Å². The van der Waals surface area contributed by atoms with Crippen molar-refractivity contribution in [1.82, 2.24) is 0 Å². The van der Waals surface area contributed by atoms with E-state index in [1.54, 1.807) is 0 Å². The number of hydrogen-bond donors (Lipinski definition) is 3. The van der Waals surface area contributed by atoms with E-state index in [0.717, 1.165) is 123 Å². The van der Waals surface area contributed by atoms with Crippen LogP contribution in [0.4, 0.5) is 0 Å². The summed E-state index contributed by atoms with van der Waals surface area (Å²) in [6.07, 6.45) is 14.6. The van der Waals surface area contributed by atoms with Gasteiger partial charge in [-0.3, -0.25) is 14.4 Å². The standard InChI is InChI=1S/C40H59NO10.C39H54O10.C17H32NO4.I3.I2.HI/c1-19-11-25-5-7-29-20(2)12-27(44-29)9-10-40-17-34-36(50-40)37-38(49-34)39(51-40)35-30(48-37)8-6-26(46-35)13-23(42)14-28-22(4)31(15-24(43)18-41)47-33(28)16-32(45-25)21(19)3;1-19-13-24-5-7-28-20(2)14-26(42-28)9-11-39-18-33-35(48-39)36-37(47-33)38(49-39)34-30(46-36)8-6-25(44-34)15-23(41)16-27-22(4)29(10-12-40)45-32(27)17-31(43-24)21(19)3;1-10(2)15(20)8-14-12(5)16(22-17(14)11(3)4)7-13(19)9-18(6)21;1-3-2;1-2;/h19,22,24-39,43H,2-3,5-18,41H2,1,4H3;12,19,22,24-38H,2-3,5-11,13-18H2,1,4H3;10-14,16-17,19H,7-9H2,1-6H3;;;1H/q;;+1;-1;;/t19-,22-,24?,25+,26-,27+,28-,29+,30+,31-,32-,33+,34-,35+,36+,37+,38-,39+,40+;19-,22-,24+,25-,26+,27-,28+,29-,30+,31-,32+,33-,34+,35+,36+,37-,38+,39+;12-,13?,14-,16-,17+;;;/m111.../s1. The van der Waals surface area contributed by atoms with E-state index in [-0.39, 0.29) is 279 Å². The summed E-state index contributed by atoms with van der Waals surface area (Å²) in [5.41, 5.74) is 10.3. The van der Waals surface area contributed by atoms with E-state index in [9.17, 15) is 34.3 Å². The zero-order valence-electron chi connectivity index (χ0n) is 76.6. The summed E-state index contributed by atoms with van der Waals surface area (Å²) in [7, 11) is 1.41. The SMILES string of the molecule is C=C1C[C@@H]2CC[C@@]34C[C@H]5O[C@H]6[C@@H](O3)[C@H]3O[C@H](CC[C@@H]3O[C@H]6[C@H]5O4)CC(=O)C[C@@H]3[C@@H](C)[C@@H](CC(O)CN)O[C@H]3C[C@H]3O[C@@H](CC[C@@H]1O2)C[C@@H](C)C3=C.C=C1C[C@@H]2CC[C@@]34C[C@H]5O[C@H]6[C@@H](O3)[C@H]3O[C@H](CC[C@@H]3O[C@H]6[C@H]5O4)CC(=O)C[C@@H]3[C@@H](C)[C@@H](CC=O)O[C@H]3C[C@H]3O[C@@H](CC[C@@H]1O2)C[C@@H](C)C3=C.CC(C)C(=O)C[C@@H]1[C@@H](C)[C@@H](CC(O)C[N+](C)=O)O[C@H]1C(C)C.I.II.I[I-]I. The number of carbonyl (C=O) groups excluding carboxylic acids is 4.